The summed E-state index contributed by atoms with van der Waals surface area (Å²) in [6.07, 6.45) is 3.14. The van der Waals surface area contributed by atoms with Gasteiger partial charge in [0.25, 0.3) is 0 Å². The van der Waals surface area contributed by atoms with Gasteiger partial charge in [-0.1, -0.05) is 0 Å². The Morgan fingerprint density at radius 2 is 1.72 bits per heavy atom. The number of aromatic nitrogens is 1. The van der Waals surface area contributed by atoms with Gasteiger partial charge in [0.2, 0.25) is 5.91 Å². The molecule has 0 saturated carbocycles. The monoisotopic (exact) mass is 344 g/mol. The summed E-state index contributed by atoms with van der Waals surface area (Å²) in [5.74, 6) is -2.99. The van der Waals surface area contributed by atoms with E-state index in [4.69, 9.17) is 0 Å². The van der Waals surface area contributed by atoms with Crippen LogP contribution in [-0.4, -0.2) is 22.7 Å². The fourth-order valence-corrected chi connectivity index (χ4v) is 2.08. The normalized spacial score (nSPS) is 11.3. The molecule has 1 atom stereocenters. The molecule has 3 amide bonds. The van der Waals surface area contributed by atoms with Crippen molar-refractivity contribution in [2.75, 3.05) is 10.6 Å². The van der Waals surface area contributed by atoms with Crippen LogP contribution in [0.15, 0.2) is 42.7 Å². The zero-order valence-electron chi connectivity index (χ0n) is 13.7. The first-order chi connectivity index (χ1) is 11.9. The van der Waals surface area contributed by atoms with E-state index in [1.165, 1.54) is 19.1 Å². The zero-order valence-corrected chi connectivity index (χ0v) is 13.7. The third kappa shape index (κ3) is 5.10. The van der Waals surface area contributed by atoms with Gasteiger partial charge in [0.15, 0.2) is 0 Å². The van der Waals surface area contributed by atoms with Crippen LogP contribution in [0.5, 0.6) is 0 Å². The van der Waals surface area contributed by atoms with Crippen LogP contribution in [0.1, 0.15) is 25.5 Å². The zero-order chi connectivity index (χ0) is 18.4. The molecule has 0 aliphatic carbocycles. The van der Waals surface area contributed by atoms with E-state index in [0.717, 1.165) is 11.6 Å². The molecule has 1 aromatic heterocycles. The number of hydrogen-bond acceptors (Lipinski definition) is 4. The van der Waals surface area contributed by atoms with Crippen LogP contribution >= 0.6 is 0 Å². The van der Waals surface area contributed by atoms with E-state index in [-0.39, 0.29) is 11.6 Å². The van der Waals surface area contributed by atoms with Crippen LogP contribution < -0.4 is 16.0 Å². The summed E-state index contributed by atoms with van der Waals surface area (Å²) in [5.41, 5.74) is 0.868. The molecular formula is C17H17FN4O3. The van der Waals surface area contributed by atoms with Crippen molar-refractivity contribution in [2.24, 2.45) is 0 Å². The molecule has 0 aliphatic heterocycles. The molecule has 1 heterocycles. The molecule has 25 heavy (non-hydrogen) atoms. The van der Waals surface area contributed by atoms with E-state index in [0.29, 0.717) is 5.69 Å². The topological polar surface area (TPSA) is 100 Å². The Hall–Kier alpha value is -3.29. The van der Waals surface area contributed by atoms with Crippen LogP contribution in [-0.2, 0) is 14.4 Å². The van der Waals surface area contributed by atoms with Gasteiger partial charge in [0, 0.05) is 25.0 Å². The van der Waals surface area contributed by atoms with Crippen LogP contribution in [0.4, 0.5) is 15.8 Å². The molecule has 130 valence electrons. The standard InChI is InChI=1S/C17H17FN4O3/c1-10(12-5-7-19-8-6-12)20-16(24)17(25)22-15-9-13(21-11(2)23)3-4-14(15)18/h3-10H,1-2H3,(H,20,24)(H,21,23)(H,22,25). The van der Waals surface area contributed by atoms with Gasteiger partial charge in [-0.2, -0.15) is 0 Å². The Labute approximate surface area is 143 Å². The van der Waals surface area contributed by atoms with E-state index < -0.39 is 23.7 Å². The highest BCUT2D eigenvalue weighted by molar-refractivity contribution is 6.39. The van der Waals surface area contributed by atoms with Crippen molar-refractivity contribution in [1.82, 2.24) is 10.3 Å². The third-order valence-corrected chi connectivity index (χ3v) is 3.29. The number of carbonyl (C=O) groups is 3. The number of carbonyl (C=O) groups excluding carboxylic acids is 3. The Morgan fingerprint density at radius 1 is 1.04 bits per heavy atom. The van der Waals surface area contributed by atoms with E-state index >= 15 is 0 Å². The highest BCUT2D eigenvalue weighted by Gasteiger charge is 2.18. The Balaban J connectivity index is 2.03. The number of benzene rings is 1. The molecular weight excluding hydrogens is 327 g/mol. The van der Waals surface area contributed by atoms with Crippen molar-refractivity contribution < 1.29 is 18.8 Å². The van der Waals surface area contributed by atoms with Gasteiger partial charge < -0.3 is 16.0 Å². The first kappa shape index (κ1) is 18.1. The molecule has 1 aromatic carbocycles. The summed E-state index contributed by atoms with van der Waals surface area (Å²) in [5, 5.41) is 7.17. The maximum atomic E-state index is 13.8. The Kier molecular flexibility index (Phi) is 5.78. The van der Waals surface area contributed by atoms with Crippen LogP contribution in [0, 0.1) is 5.82 Å². The second-order valence-corrected chi connectivity index (χ2v) is 5.31. The van der Waals surface area contributed by atoms with Crippen molar-refractivity contribution >= 4 is 29.1 Å². The van der Waals surface area contributed by atoms with Crippen LogP contribution in [0.2, 0.25) is 0 Å². The Bertz CT molecular complexity index is 796. The minimum atomic E-state index is -1.01. The number of pyridine rings is 1. The van der Waals surface area contributed by atoms with Crippen molar-refractivity contribution in [3.63, 3.8) is 0 Å². The first-order valence-corrected chi connectivity index (χ1v) is 7.45. The second kappa shape index (κ2) is 8.00. The number of halogens is 1. The fraction of sp³-hybridized carbons (Fsp3) is 0.176. The van der Waals surface area contributed by atoms with Gasteiger partial charge in [0.05, 0.1) is 11.7 Å². The summed E-state index contributed by atoms with van der Waals surface area (Å²) in [4.78, 5) is 38.9. The smallest absolute Gasteiger partial charge is 0.313 e. The molecule has 1 unspecified atom stereocenters. The van der Waals surface area contributed by atoms with E-state index in [9.17, 15) is 18.8 Å². The number of amides is 3. The molecule has 0 spiro atoms. The van der Waals surface area contributed by atoms with Gasteiger partial charge in [0.1, 0.15) is 5.82 Å². The highest BCUT2D eigenvalue weighted by Crippen LogP contribution is 2.19. The maximum absolute atomic E-state index is 13.8. The SMILES string of the molecule is CC(=O)Nc1ccc(F)c(NC(=O)C(=O)NC(C)c2ccncc2)c1. The molecule has 0 fully saturated rings. The fourth-order valence-electron chi connectivity index (χ4n) is 2.08. The van der Waals surface area contributed by atoms with Crippen molar-refractivity contribution in [1.29, 1.82) is 0 Å². The third-order valence-electron chi connectivity index (χ3n) is 3.29. The number of anilines is 2. The van der Waals surface area contributed by atoms with Crippen molar-refractivity contribution in [3.05, 3.63) is 54.1 Å². The quantitative estimate of drug-likeness (QED) is 0.739. The van der Waals surface area contributed by atoms with Crippen molar-refractivity contribution in [3.8, 4) is 0 Å². The molecule has 2 aromatic rings. The molecule has 0 bridgehead atoms. The van der Waals surface area contributed by atoms with E-state index in [1.807, 2.05) is 0 Å². The lowest BCUT2D eigenvalue weighted by molar-refractivity contribution is -0.136. The van der Waals surface area contributed by atoms with Gasteiger partial charge in [-0.05, 0) is 42.8 Å². The predicted octanol–water partition coefficient (Wildman–Crippen LogP) is 1.99. The minimum Gasteiger partial charge on any atom is -0.341 e. The lowest BCUT2D eigenvalue weighted by atomic mass is 10.1. The summed E-state index contributed by atoms with van der Waals surface area (Å²) >= 11 is 0. The number of nitrogens with one attached hydrogen (secondary N) is 3. The minimum absolute atomic E-state index is 0.206. The highest BCUT2D eigenvalue weighted by atomic mass is 19.1. The van der Waals surface area contributed by atoms with Gasteiger partial charge >= 0.3 is 11.8 Å². The maximum Gasteiger partial charge on any atom is 0.313 e. The van der Waals surface area contributed by atoms with Gasteiger partial charge in [-0.25, -0.2) is 4.39 Å². The number of rotatable bonds is 4. The van der Waals surface area contributed by atoms with Crippen molar-refractivity contribution in [2.45, 2.75) is 19.9 Å². The molecule has 0 saturated heterocycles. The molecule has 0 aliphatic rings. The predicted molar refractivity (Wildman–Crippen MR) is 90.1 cm³/mol. The molecule has 3 N–H and O–H groups in total. The van der Waals surface area contributed by atoms with Gasteiger partial charge in [-0.3, -0.25) is 19.4 Å². The average Bonchev–Trinajstić information content (AvgIpc) is 2.58. The van der Waals surface area contributed by atoms with Gasteiger partial charge in [-0.15, -0.1) is 0 Å². The van der Waals surface area contributed by atoms with Crippen LogP contribution in [0.3, 0.4) is 0 Å². The average molecular weight is 344 g/mol. The second-order valence-electron chi connectivity index (χ2n) is 5.31. The van der Waals surface area contributed by atoms with E-state index in [2.05, 4.69) is 20.9 Å². The Morgan fingerprint density at radius 3 is 2.36 bits per heavy atom. The molecule has 8 heteroatoms. The molecule has 7 nitrogen and oxygen atoms in total. The summed E-state index contributed by atoms with van der Waals surface area (Å²) in [7, 11) is 0. The summed E-state index contributed by atoms with van der Waals surface area (Å²) in [6.45, 7) is 3.01. The summed E-state index contributed by atoms with van der Waals surface area (Å²) < 4.78 is 13.8. The first-order valence-electron chi connectivity index (χ1n) is 7.45. The van der Waals surface area contributed by atoms with E-state index in [1.54, 1.807) is 31.5 Å². The summed E-state index contributed by atoms with van der Waals surface area (Å²) in [6, 6.07) is 6.65. The van der Waals surface area contributed by atoms with Crippen LogP contribution in [0.25, 0.3) is 0 Å². The number of hydrogen-bond donors (Lipinski definition) is 3. The lowest BCUT2D eigenvalue weighted by Gasteiger charge is -2.14. The lowest BCUT2D eigenvalue weighted by Crippen LogP contribution is -2.37. The number of nitrogens with zero attached hydrogens (tertiary/aromatic N) is 1. The largest absolute Gasteiger partial charge is 0.341 e. The molecule has 2 rings (SSSR count). The molecule has 0 radical (unpaired) electrons.